The number of hydrazine groups is 1. The van der Waals surface area contributed by atoms with Crippen LogP contribution in [0.5, 0.6) is 5.75 Å². The van der Waals surface area contributed by atoms with E-state index in [9.17, 15) is 14.7 Å². The fourth-order valence-electron chi connectivity index (χ4n) is 2.82. The predicted octanol–water partition coefficient (Wildman–Crippen LogP) is 2.28. The van der Waals surface area contributed by atoms with Crippen molar-refractivity contribution < 1.29 is 14.7 Å². The number of amides is 1. The van der Waals surface area contributed by atoms with Crippen molar-refractivity contribution in [1.29, 1.82) is 0 Å². The van der Waals surface area contributed by atoms with Crippen molar-refractivity contribution in [1.82, 2.24) is 15.8 Å². The SMILES string of the molecule is Cc1ncc(C=O)c(CNNC(=O)c2cc3c(s2)CCCC3)c1O. The topological polar surface area (TPSA) is 91.3 Å². The molecule has 2 aromatic heterocycles. The van der Waals surface area contributed by atoms with Gasteiger partial charge in [0.05, 0.1) is 10.6 Å². The van der Waals surface area contributed by atoms with Crippen molar-refractivity contribution in [3.63, 3.8) is 0 Å². The zero-order valence-corrected chi connectivity index (χ0v) is 14.2. The quantitative estimate of drug-likeness (QED) is 0.571. The van der Waals surface area contributed by atoms with Crippen LogP contribution in [0.1, 0.15) is 54.6 Å². The van der Waals surface area contributed by atoms with Gasteiger partial charge in [-0.3, -0.25) is 20.0 Å². The number of nitrogens with zero attached hydrogens (tertiary/aromatic N) is 1. The highest BCUT2D eigenvalue weighted by atomic mass is 32.1. The van der Waals surface area contributed by atoms with Crippen LogP contribution in [0.4, 0.5) is 0 Å². The fraction of sp³-hybridized carbons (Fsp3) is 0.353. The van der Waals surface area contributed by atoms with Crippen LogP contribution in [0.15, 0.2) is 12.3 Å². The Morgan fingerprint density at radius 1 is 1.42 bits per heavy atom. The molecule has 0 aliphatic heterocycles. The first-order valence-corrected chi connectivity index (χ1v) is 8.69. The Bertz CT molecular complexity index is 762. The lowest BCUT2D eigenvalue weighted by atomic mass is 9.99. The number of carbonyl (C=O) groups is 2. The molecule has 3 rings (SSSR count). The highest BCUT2D eigenvalue weighted by molar-refractivity contribution is 7.14. The molecule has 0 aromatic carbocycles. The summed E-state index contributed by atoms with van der Waals surface area (Å²) >= 11 is 1.54. The summed E-state index contributed by atoms with van der Waals surface area (Å²) in [6, 6.07) is 1.96. The van der Waals surface area contributed by atoms with Gasteiger partial charge in [-0.15, -0.1) is 11.3 Å². The van der Waals surface area contributed by atoms with E-state index in [0.717, 1.165) is 12.8 Å². The first kappa shape index (κ1) is 16.6. The average molecular weight is 345 g/mol. The Morgan fingerprint density at radius 2 is 2.21 bits per heavy atom. The van der Waals surface area contributed by atoms with Crippen LogP contribution in [-0.2, 0) is 19.4 Å². The lowest BCUT2D eigenvalue weighted by Crippen LogP contribution is -2.36. The minimum Gasteiger partial charge on any atom is -0.506 e. The molecule has 1 aliphatic carbocycles. The number of nitrogens with one attached hydrogen (secondary N) is 2. The van der Waals surface area contributed by atoms with Gasteiger partial charge >= 0.3 is 0 Å². The van der Waals surface area contributed by atoms with Gasteiger partial charge in [0.2, 0.25) is 0 Å². The van der Waals surface area contributed by atoms with Crippen LogP contribution < -0.4 is 10.9 Å². The fourth-order valence-corrected chi connectivity index (χ4v) is 3.97. The van der Waals surface area contributed by atoms with Gasteiger partial charge in [-0.2, -0.15) is 0 Å². The molecule has 0 bridgehead atoms. The van der Waals surface area contributed by atoms with Gasteiger partial charge in [0.25, 0.3) is 5.91 Å². The third kappa shape index (κ3) is 3.32. The van der Waals surface area contributed by atoms with Crippen LogP contribution in [0, 0.1) is 6.92 Å². The first-order valence-electron chi connectivity index (χ1n) is 7.87. The predicted molar refractivity (Wildman–Crippen MR) is 91.3 cm³/mol. The molecular formula is C17H19N3O3S. The second-order valence-corrected chi connectivity index (χ2v) is 6.95. The Hall–Kier alpha value is -2.25. The van der Waals surface area contributed by atoms with Gasteiger partial charge in [0.1, 0.15) is 5.75 Å². The van der Waals surface area contributed by atoms with E-state index in [2.05, 4.69) is 15.8 Å². The number of aldehydes is 1. The smallest absolute Gasteiger partial charge is 0.275 e. The minimum atomic E-state index is -0.202. The van der Waals surface area contributed by atoms with Crippen molar-refractivity contribution in [3.05, 3.63) is 44.4 Å². The van der Waals surface area contributed by atoms with E-state index in [0.29, 0.717) is 28.0 Å². The molecule has 0 fully saturated rings. The van der Waals surface area contributed by atoms with Gasteiger partial charge < -0.3 is 5.11 Å². The number of pyridine rings is 1. The van der Waals surface area contributed by atoms with E-state index in [1.54, 1.807) is 6.92 Å². The molecule has 0 unspecified atom stereocenters. The molecule has 2 heterocycles. The van der Waals surface area contributed by atoms with Gasteiger partial charge in [0.15, 0.2) is 6.29 Å². The van der Waals surface area contributed by atoms with Gasteiger partial charge in [-0.1, -0.05) is 0 Å². The number of hydrogen-bond acceptors (Lipinski definition) is 6. The molecule has 1 amide bonds. The lowest BCUT2D eigenvalue weighted by molar-refractivity contribution is 0.0936. The molecule has 126 valence electrons. The Morgan fingerprint density at radius 3 is 2.96 bits per heavy atom. The van der Waals surface area contributed by atoms with Crippen LogP contribution in [0.25, 0.3) is 0 Å². The van der Waals surface area contributed by atoms with Crippen molar-refractivity contribution in [2.75, 3.05) is 0 Å². The number of thiophene rings is 1. The standard InChI is InChI=1S/C17H19N3O3S/c1-10-16(22)13(12(9-21)7-18-10)8-19-20-17(23)15-6-11-4-2-3-5-14(11)24-15/h6-7,9,19,22H,2-5,8H2,1H3,(H,20,23). The van der Waals surface area contributed by atoms with Crippen LogP contribution in [0.3, 0.4) is 0 Å². The summed E-state index contributed by atoms with van der Waals surface area (Å²) in [4.78, 5) is 29.2. The zero-order chi connectivity index (χ0) is 17.1. The Labute approximate surface area is 143 Å². The summed E-state index contributed by atoms with van der Waals surface area (Å²) in [7, 11) is 0. The van der Waals surface area contributed by atoms with Gasteiger partial charge in [-0.05, 0) is 44.2 Å². The highest BCUT2D eigenvalue weighted by Gasteiger charge is 2.17. The summed E-state index contributed by atoms with van der Waals surface area (Å²) < 4.78 is 0. The van der Waals surface area contributed by atoms with E-state index >= 15 is 0 Å². The van der Waals surface area contributed by atoms with E-state index in [-0.39, 0.29) is 18.2 Å². The van der Waals surface area contributed by atoms with Gasteiger partial charge in [-0.25, -0.2) is 5.43 Å². The molecule has 0 saturated heterocycles. The number of aryl methyl sites for hydroxylation is 3. The molecule has 6 nitrogen and oxygen atoms in total. The average Bonchev–Trinajstić information content (AvgIpc) is 3.03. The van der Waals surface area contributed by atoms with E-state index in [4.69, 9.17) is 0 Å². The van der Waals surface area contributed by atoms with Crippen LogP contribution in [0.2, 0.25) is 0 Å². The van der Waals surface area contributed by atoms with E-state index in [1.165, 1.54) is 40.8 Å². The molecule has 3 N–H and O–H groups in total. The van der Waals surface area contributed by atoms with E-state index < -0.39 is 0 Å². The molecule has 1 aliphatic rings. The molecule has 0 saturated carbocycles. The lowest BCUT2D eigenvalue weighted by Gasteiger charge is -2.11. The summed E-state index contributed by atoms with van der Waals surface area (Å²) in [5.74, 6) is -0.236. The summed E-state index contributed by atoms with van der Waals surface area (Å²) in [5, 5.41) is 10.0. The molecular weight excluding hydrogens is 326 g/mol. The number of carbonyl (C=O) groups excluding carboxylic acids is 2. The molecule has 24 heavy (non-hydrogen) atoms. The number of fused-ring (bicyclic) bond motifs is 1. The Kier molecular flexibility index (Phi) is 4.92. The number of hydrogen-bond donors (Lipinski definition) is 3. The van der Waals surface area contributed by atoms with Crippen LogP contribution in [-0.4, -0.2) is 22.3 Å². The maximum absolute atomic E-state index is 12.3. The van der Waals surface area contributed by atoms with Crippen molar-refractivity contribution in [3.8, 4) is 5.75 Å². The van der Waals surface area contributed by atoms with E-state index in [1.807, 2.05) is 6.07 Å². The third-order valence-corrected chi connectivity index (χ3v) is 5.42. The molecule has 0 radical (unpaired) electrons. The van der Waals surface area contributed by atoms with Crippen molar-refractivity contribution >= 4 is 23.5 Å². The maximum Gasteiger partial charge on any atom is 0.275 e. The second kappa shape index (κ2) is 7.11. The summed E-state index contributed by atoms with van der Waals surface area (Å²) in [6.45, 7) is 1.79. The zero-order valence-electron chi connectivity index (χ0n) is 13.4. The van der Waals surface area contributed by atoms with Crippen LogP contribution >= 0.6 is 11.3 Å². The maximum atomic E-state index is 12.3. The van der Waals surface area contributed by atoms with Crippen molar-refractivity contribution in [2.45, 2.75) is 39.2 Å². The molecule has 2 aromatic rings. The third-order valence-electron chi connectivity index (χ3n) is 4.19. The normalized spacial score (nSPS) is 13.4. The number of aromatic hydroxyl groups is 1. The minimum absolute atomic E-state index is 0.0343. The monoisotopic (exact) mass is 345 g/mol. The van der Waals surface area contributed by atoms with Gasteiger partial charge in [0, 0.05) is 28.7 Å². The summed E-state index contributed by atoms with van der Waals surface area (Å²) in [6.07, 6.45) is 6.50. The Balaban J connectivity index is 1.64. The highest BCUT2D eigenvalue weighted by Crippen LogP contribution is 2.29. The first-order chi connectivity index (χ1) is 11.6. The largest absolute Gasteiger partial charge is 0.506 e. The van der Waals surface area contributed by atoms with Crippen molar-refractivity contribution in [2.24, 2.45) is 0 Å². The molecule has 7 heteroatoms. The molecule has 0 atom stereocenters. The second-order valence-electron chi connectivity index (χ2n) is 5.82. The number of aromatic nitrogens is 1. The molecule has 0 spiro atoms. The summed E-state index contributed by atoms with van der Waals surface area (Å²) in [5.41, 5.74) is 7.85. The number of rotatable bonds is 5.